The number of aliphatic carboxylic acids is 1. The number of benzene rings is 1. The highest BCUT2D eigenvalue weighted by molar-refractivity contribution is 8.01. The van der Waals surface area contributed by atoms with Crippen LogP contribution in [0.2, 0.25) is 10.0 Å². The van der Waals surface area contributed by atoms with Gasteiger partial charge >= 0.3 is 5.97 Å². The van der Waals surface area contributed by atoms with Crippen LogP contribution in [-0.4, -0.2) is 40.8 Å². The highest BCUT2D eigenvalue weighted by atomic mass is 35.5. The van der Waals surface area contributed by atoms with Crippen molar-refractivity contribution < 1.29 is 19.4 Å². The van der Waals surface area contributed by atoms with Crippen molar-refractivity contribution in [2.24, 2.45) is 5.10 Å². The number of thioether (sulfide) groups is 1. The van der Waals surface area contributed by atoms with Gasteiger partial charge < -0.3 is 9.84 Å². The number of hydrogen-bond acceptors (Lipinski definition) is 5. The molecule has 2 N–H and O–H groups in total. The second-order valence-corrected chi connectivity index (χ2v) is 6.41. The molecule has 1 amide bonds. The number of carbonyl (C=O) groups is 2. The number of hydrazone groups is 1. The van der Waals surface area contributed by atoms with E-state index < -0.39 is 11.2 Å². The molecule has 1 atom stereocenters. The lowest BCUT2D eigenvalue weighted by molar-refractivity contribution is -0.133. The van der Waals surface area contributed by atoms with E-state index in [1.54, 1.807) is 12.1 Å². The zero-order valence-corrected chi connectivity index (χ0v) is 13.8. The van der Waals surface area contributed by atoms with Crippen molar-refractivity contribution in [1.29, 1.82) is 0 Å². The van der Waals surface area contributed by atoms with E-state index in [2.05, 4.69) is 10.5 Å². The Morgan fingerprint density at radius 1 is 1.50 bits per heavy atom. The fourth-order valence-electron chi connectivity index (χ4n) is 1.92. The number of carboxylic acids is 1. The minimum Gasteiger partial charge on any atom is -0.494 e. The molecule has 1 heterocycles. The predicted molar refractivity (Wildman–Crippen MR) is 86.2 cm³/mol. The van der Waals surface area contributed by atoms with Crippen LogP contribution < -0.4 is 10.2 Å². The van der Waals surface area contributed by atoms with Crippen LogP contribution in [-0.2, 0) is 9.59 Å². The van der Waals surface area contributed by atoms with Gasteiger partial charge in [0, 0.05) is 12.0 Å². The third-order valence-corrected chi connectivity index (χ3v) is 4.67. The maximum absolute atomic E-state index is 11.7. The maximum atomic E-state index is 11.7. The van der Waals surface area contributed by atoms with E-state index >= 15 is 0 Å². The van der Waals surface area contributed by atoms with E-state index in [1.807, 2.05) is 0 Å². The fourth-order valence-corrected chi connectivity index (χ4v) is 3.38. The number of halogens is 2. The van der Waals surface area contributed by atoms with Crippen molar-refractivity contribution in [3.8, 4) is 5.75 Å². The summed E-state index contributed by atoms with van der Waals surface area (Å²) in [6, 6.07) is 3.28. The fraction of sp³-hybridized carbons (Fsp3) is 0.308. The second kappa shape index (κ2) is 7.21. The topological polar surface area (TPSA) is 88.0 Å². The molecule has 0 saturated carbocycles. The molecule has 0 bridgehead atoms. The Bertz CT molecular complexity index is 628. The molecule has 22 heavy (non-hydrogen) atoms. The maximum Gasteiger partial charge on any atom is 0.313 e. The van der Waals surface area contributed by atoms with Gasteiger partial charge in [-0.25, -0.2) is 5.43 Å². The first-order valence-electron chi connectivity index (χ1n) is 6.15. The molecule has 1 aliphatic heterocycles. The minimum atomic E-state index is -0.975. The largest absolute Gasteiger partial charge is 0.494 e. The first-order valence-corrected chi connectivity index (χ1v) is 7.96. The van der Waals surface area contributed by atoms with Crippen molar-refractivity contribution in [1.82, 2.24) is 5.43 Å². The Kier molecular flexibility index (Phi) is 5.55. The number of carbonyl (C=O) groups excluding carboxylic acids is 1. The molecule has 0 saturated heterocycles. The normalized spacial score (nSPS) is 17.7. The molecule has 1 unspecified atom stereocenters. The first-order chi connectivity index (χ1) is 10.4. The lowest BCUT2D eigenvalue weighted by Crippen LogP contribution is -2.37. The van der Waals surface area contributed by atoms with Crippen LogP contribution >= 0.6 is 35.0 Å². The summed E-state index contributed by atoms with van der Waals surface area (Å²) >= 11 is 13.2. The number of nitrogens with zero attached hydrogens (tertiary/aromatic N) is 1. The standard InChI is InChI=1S/C13H12Cl2N2O4S/c1-21-12-7(14)2-6(3-8(12)15)9-4-10(13(20)17-16-9)22-5-11(18)19/h2-3,10H,4-5H2,1H3,(H,17,20)(H,18,19). The van der Waals surface area contributed by atoms with Crippen molar-refractivity contribution in [2.45, 2.75) is 11.7 Å². The summed E-state index contributed by atoms with van der Waals surface area (Å²) in [5, 5.41) is 12.8. The molecule has 1 aliphatic rings. The van der Waals surface area contributed by atoms with Crippen molar-refractivity contribution in [3.63, 3.8) is 0 Å². The number of amides is 1. The monoisotopic (exact) mass is 362 g/mol. The number of carboxylic acid groups (broad SMARTS) is 1. The van der Waals surface area contributed by atoms with Crippen LogP contribution in [0.4, 0.5) is 0 Å². The molecule has 1 aromatic carbocycles. The van der Waals surface area contributed by atoms with Crippen LogP contribution in [0, 0.1) is 0 Å². The van der Waals surface area contributed by atoms with E-state index in [4.69, 9.17) is 33.0 Å². The van der Waals surface area contributed by atoms with Crippen LogP contribution in [0.5, 0.6) is 5.75 Å². The van der Waals surface area contributed by atoms with E-state index in [0.717, 1.165) is 11.8 Å². The van der Waals surface area contributed by atoms with Gasteiger partial charge in [-0.1, -0.05) is 23.2 Å². The third kappa shape index (κ3) is 3.85. The Morgan fingerprint density at radius 3 is 2.68 bits per heavy atom. The number of ether oxygens (including phenoxy) is 1. The molecule has 0 aromatic heterocycles. The zero-order chi connectivity index (χ0) is 16.3. The summed E-state index contributed by atoms with van der Waals surface area (Å²) in [5.74, 6) is -1.09. The lowest BCUT2D eigenvalue weighted by Gasteiger charge is -2.21. The summed E-state index contributed by atoms with van der Waals surface area (Å²) in [5.41, 5.74) is 3.62. The van der Waals surface area contributed by atoms with Gasteiger partial charge in [-0.05, 0) is 12.1 Å². The predicted octanol–water partition coefficient (Wildman–Crippen LogP) is 2.41. The molecular weight excluding hydrogens is 351 g/mol. The summed E-state index contributed by atoms with van der Waals surface area (Å²) in [7, 11) is 1.46. The third-order valence-electron chi connectivity index (χ3n) is 2.92. The SMILES string of the molecule is COc1c(Cl)cc(C2=NNC(=O)C(SCC(=O)O)C2)cc1Cl. The number of rotatable bonds is 5. The van der Waals surface area contributed by atoms with Crippen molar-refractivity contribution in [2.75, 3.05) is 12.9 Å². The van der Waals surface area contributed by atoms with Gasteiger partial charge in [-0.3, -0.25) is 9.59 Å². The Morgan fingerprint density at radius 2 is 2.14 bits per heavy atom. The summed E-state index contributed by atoms with van der Waals surface area (Å²) in [6.07, 6.45) is 0.294. The Hall–Kier alpha value is -1.44. The van der Waals surface area contributed by atoms with E-state index in [9.17, 15) is 9.59 Å². The summed E-state index contributed by atoms with van der Waals surface area (Å²) < 4.78 is 5.08. The average Bonchev–Trinajstić information content (AvgIpc) is 2.46. The van der Waals surface area contributed by atoms with Crippen molar-refractivity contribution in [3.05, 3.63) is 27.7 Å². The minimum absolute atomic E-state index is 0.157. The van der Waals surface area contributed by atoms with Crippen LogP contribution in [0.1, 0.15) is 12.0 Å². The Labute approximate surface area is 140 Å². The van der Waals surface area contributed by atoms with Gasteiger partial charge in [-0.2, -0.15) is 5.10 Å². The molecule has 0 aliphatic carbocycles. The molecule has 0 spiro atoms. The molecule has 0 fully saturated rings. The van der Waals surface area contributed by atoms with Gasteiger partial charge in [0.15, 0.2) is 5.75 Å². The van der Waals surface area contributed by atoms with Gasteiger partial charge in [0.25, 0.3) is 5.91 Å². The van der Waals surface area contributed by atoms with Gasteiger partial charge in [-0.15, -0.1) is 11.8 Å². The first kappa shape index (κ1) is 16.9. The van der Waals surface area contributed by atoms with Crippen LogP contribution in [0.25, 0.3) is 0 Å². The van der Waals surface area contributed by atoms with Crippen LogP contribution in [0.3, 0.4) is 0 Å². The molecule has 2 rings (SSSR count). The number of methoxy groups -OCH3 is 1. The average molecular weight is 363 g/mol. The molecule has 6 nitrogen and oxygen atoms in total. The van der Waals surface area contributed by atoms with E-state index in [1.165, 1.54) is 7.11 Å². The highest BCUT2D eigenvalue weighted by Crippen LogP contribution is 2.35. The number of nitrogens with one attached hydrogen (secondary N) is 1. The quantitative estimate of drug-likeness (QED) is 0.839. The molecular formula is C13H12Cl2N2O4S. The van der Waals surface area contributed by atoms with Gasteiger partial charge in [0.05, 0.1) is 33.9 Å². The Balaban J connectivity index is 2.22. The molecule has 0 radical (unpaired) electrons. The van der Waals surface area contributed by atoms with E-state index in [-0.39, 0.29) is 11.7 Å². The van der Waals surface area contributed by atoms with Crippen molar-refractivity contribution >= 4 is 52.6 Å². The van der Waals surface area contributed by atoms with Crippen LogP contribution in [0.15, 0.2) is 17.2 Å². The van der Waals surface area contributed by atoms with E-state index in [0.29, 0.717) is 33.5 Å². The highest BCUT2D eigenvalue weighted by Gasteiger charge is 2.27. The summed E-state index contributed by atoms with van der Waals surface area (Å²) in [4.78, 5) is 22.3. The number of hydrogen-bond donors (Lipinski definition) is 2. The molecule has 1 aromatic rings. The van der Waals surface area contributed by atoms with Gasteiger partial charge in [0.2, 0.25) is 0 Å². The van der Waals surface area contributed by atoms with Gasteiger partial charge in [0.1, 0.15) is 0 Å². The smallest absolute Gasteiger partial charge is 0.313 e. The molecule has 118 valence electrons. The lowest BCUT2D eigenvalue weighted by atomic mass is 10.0. The molecule has 9 heteroatoms. The summed E-state index contributed by atoms with van der Waals surface area (Å²) in [6.45, 7) is 0. The zero-order valence-electron chi connectivity index (χ0n) is 11.4. The second-order valence-electron chi connectivity index (χ2n) is 4.41.